The van der Waals surface area contributed by atoms with Gasteiger partial charge in [-0.25, -0.2) is 0 Å². The van der Waals surface area contributed by atoms with Crippen LogP contribution >= 0.6 is 0 Å². The Morgan fingerprint density at radius 3 is 2.71 bits per heavy atom. The maximum absolute atomic E-state index is 10.8. The van der Waals surface area contributed by atoms with E-state index in [0.29, 0.717) is 0 Å². The van der Waals surface area contributed by atoms with Crippen molar-refractivity contribution in [3.8, 4) is 0 Å². The van der Waals surface area contributed by atoms with Gasteiger partial charge in [0.1, 0.15) is 0 Å². The van der Waals surface area contributed by atoms with E-state index in [1.54, 1.807) is 0 Å². The first-order valence-electron chi connectivity index (χ1n) is 6.15. The maximum Gasteiger partial charge on any atom is 0.304 e. The minimum atomic E-state index is -0.729. The molecule has 0 amide bonds. The SMILES string of the molecule is CN(C)CCN1CC(CC(=O)O)NC(C)(C)C1. The molecule has 1 atom stereocenters. The van der Waals surface area contributed by atoms with Crippen molar-refractivity contribution in [3.63, 3.8) is 0 Å². The Labute approximate surface area is 104 Å². The molecule has 2 N–H and O–H groups in total. The van der Waals surface area contributed by atoms with Gasteiger partial charge in [-0.15, -0.1) is 0 Å². The van der Waals surface area contributed by atoms with E-state index < -0.39 is 5.97 Å². The van der Waals surface area contributed by atoms with Crippen molar-refractivity contribution in [3.05, 3.63) is 0 Å². The molecule has 0 radical (unpaired) electrons. The summed E-state index contributed by atoms with van der Waals surface area (Å²) in [5.74, 6) is -0.729. The fraction of sp³-hybridized carbons (Fsp3) is 0.917. The summed E-state index contributed by atoms with van der Waals surface area (Å²) in [5, 5.41) is 12.3. The number of carbonyl (C=O) groups is 1. The molecule has 1 heterocycles. The van der Waals surface area contributed by atoms with Gasteiger partial charge in [-0.3, -0.25) is 9.69 Å². The average Bonchev–Trinajstić information content (AvgIpc) is 2.10. The first kappa shape index (κ1) is 14.4. The lowest BCUT2D eigenvalue weighted by Gasteiger charge is -2.43. The summed E-state index contributed by atoms with van der Waals surface area (Å²) in [6, 6.07) is 0.0541. The van der Waals surface area contributed by atoms with Gasteiger partial charge in [-0.05, 0) is 27.9 Å². The summed E-state index contributed by atoms with van der Waals surface area (Å²) < 4.78 is 0. The quantitative estimate of drug-likeness (QED) is 0.716. The molecule has 0 aromatic heterocycles. The van der Waals surface area contributed by atoms with Crippen LogP contribution in [0, 0.1) is 0 Å². The van der Waals surface area contributed by atoms with Crippen molar-refractivity contribution in [1.29, 1.82) is 0 Å². The van der Waals surface area contributed by atoms with Gasteiger partial charge in [0.05, 0.1) is 6.42 Å². The van der Waals surface area contributed by atoms with E-state index in [0.717, 1.165) is 26.2 Å². The van der Waals surface area contributed by atoms with Crippen molar-refractivity contribution >= 4 is 5.97 Å². The molecule has 1 fully saturated rings. The summed E-state index contributed by atoms with van der Waals surface area (Å²) in [7, 11) is 4.12. The number of hydrogen-bond acceptors (Lipinski definition) is 4. The van der Waals surface area contributed by atoms with Crippen LogP contribution in [0.25, 0.3) is 0 Å². The largest absolute Gasteiger partial charge is 0.481 e. The minimum Gasteiger partial charge on any atom is -0.481 e. The van der Waals surface area contributed by atoms with E-state index in [2.05, 4.69) is 43.1 Å². The fourth-order valence-electron chi connectivity index (χ4n) is 2.42. The monoisotopic (exact) mass is 243 g/mol. The average molecular weight is 243 g/mol. The number of likely N-dealkylation sites (N-methyl/N-ethyl adjacent to an activating group) is 1. The Balaban J connectivity index is 2.51. The van der Waals surface area contributed by atoms with Gasteiger partial charge in [0, 0.05) is 37.8 Å². The highest BCUT2D eigenvalue weighted by molar-refractivity contribution is 5.67. The zero-order valence-electron chi connectivity index (χ0n) is 11.4. The molecule has 0 bridgehead atoms. The van der Waals surface area contributed by atoms with Crippen LogP contribution in [-0.2, 0) is 4.79 Å². The summed E-state index contributed by atoms with van der Waals surface area (Å²) in [4.78, 5) is 15.3. The summed E-state index contributed by atoms with van der Waals surface area (Å²) in [6.07, 6.45) is 0.196. The Hall–Kier alpha value is -0.650. The maximum atomic E-state index is 10.8. The van der Waals surface area contributed by atoms with Gasteiger partial charge in [0.25, 0.3) is 0 Å². The second-order valence-corrected chi connectivity index (χ2v) is 5.86. The zero-order valence-corrected chi connectivity index (χ0v) is 11.4. The molecule has 1 unspecified atom stereocenters. The third-order valence-corrected chi connectivity index (χ3v) is 2.98. The first-order valence-corrected chi connectivity index (χ1v) is 6.15. The van der Waals surface area contributed by atoms with E-state index in [-0.39, 0.29) is 18.0 Å². The number of hydrogen-bond donors (Lipinski definition) is 2. The minimum absolute atomic E-state index is 0.00925. The van der Waals surface area contributed by atoms with Crippen molar-refractivity contribution in [2.24, 2.45) is 0 Å². The molecule has 1 saturated heterocycles. The van der Waals surface area contributed by atoms with Crippen LogP contribution in [-0.4, -0.2) is 72.7 Å². The summed E-state index contributed by atoms with van der Waals surface area (Å²) >= 11 is 0. The highest BCUT2D eigenvalue weighted by Crippen LogP contribution is 2.15. The number of rotatable bonds is 5. The third-order valence-electron chi connectivity index (χ3n) is 2.98. The number of piperazine rings is 1. The van der Waals surface area contributed by atoms with E-state index >= 15 is 0 Å². The van der Waals surface area contributed by atoms with E-state index in [9.17, 15) is 4.79 Å². The number of carboxylic acids is 1. The molecule has 0 aliphatic carbocycles. The van der Waals surface area contributed by atoms with Crippen LogP contribution in [0.15, 0.2) is 0 Å². The molecule has 17 heavy (non-hydrogen) atoms. The lowest BCUT2D eigenvalue weighted by molar-refractivity contribution is -0.138. The van der Waals surface area contributed by atoms with Crippen LogP contribution in [0.1, 0.15) is 20.3 Å². The molecule has 1 rings (SSSR count). The van der Waals surface area contributed by atoms with Crippen LogP contribution < -0.4 is 5.32 Å². The van der Waals surface area contributed by atoms with Gasteiger partial charge >= 0.3 is 5.97 Å². The van der Waals surface area contributed by atoms with Crippen molar-refractivity contribution in [2.45, 2.75) is 31.8 Å². The normalized spacial score (nSPS) is 25.1. The molecule has 1 aliphatic heterocycles. The van der Waals surface area contributed by atoms with Gasteiger partial charge in [-0.2, -0.15) is 0 Å². The second-order valence-electron chi connectivity index (χ2n) is 5.86. The Kier molecular flexibility index (Phi) is 4.91. The first-order chi connectivity index (χ1) is 7.78. The predicted octanol–water partition coefficient (Wildman–Crippen LogP) is 0.0751. The smallest absolute Gasteiger partial charge is 0.304 e. The van der Waals surface area contributed by atoms with Gasteiger partial charge < -0.3 is 15.3 Å². The lowest BCUT2D eigenvalue weighted by atomic mass is 9.97. The molecular formula is C12H25N3O2. The second kappa shape index (κ2) is 5.80. The van der Waals surface area contributed by atoms with Gasteiger partial charge in [0.2, 0.25) is 0 Å². The van der Waals surface area contributed by atoms with E-state index in [4.69, 9.17) is 5.11 Å². The van der Waals surface area contributed by atoms with Crippen LogP contribution in [0.4, 0.5) is 0 Å². The molecule has 5 nitrogen and oxygen atoms in total. The van der Waals surface area contributed by atoms with E-state index in [1.807, 2.05) is 0 Å². The summed E-state index contributed by atoms with van der Waals surface area (Å²) in [6.45, 7) is 8.05. The third kappa shape index (κ3) is 5.48. The van der Waals surface area contributed by atoms with Crippen LogP contribution in [0.3, 0.4) is 0 Å². The highest BCUT2D eigenvalue weighted by Gasteiger charge is 2.32. The highest BCUT2D eigenvalue weighted by atomic mass is 16.4. The predicted molar refractivity (Wildman–Crippen MR) is 68.2 cm³/mol. The number of aliphatic carboxylic acids is 1. The Bertz CT molecular complexity index is 266. The number of nitrogens with zero attached hydrogens (tertiary/aromatic N) is 2. The lowest BCUT2D eigenvalue weighted by Crippen LogP contribution is -2.62. The molecule has 0 aromatic carbocycles. The Morgan fingerprint density at radius 1 is 1.53 bits per heavy atom. The standard InChI is InChI=1S/C12H25N3O2/c1-12(2)9-15(6-5-14(3)4)8-10(13-12)7-11(16)17/h10,13H,5-9H2,1-4H3,(H,16,17). The fourth-order valence-corrected chi connectivity index (χ4v) is 2.42. The topological polar surface area (TPSA) is 55.8 Å². The molecular weight excluding hydrogens is 218 g/mol. The Morgan fingerprint density at radius 2 is 2.18 bits per heavy atom. The molecule has 1 aliphatic rings. The van der Waals surface area contributed by atoms with Crippen molar-refractivity contribution in [2.75, 3.05) is 40.3 Å². The van der Waals surface area contributed by atoms with E-state index in [1.165, 1.54) is 0 Å². The number of nitrogens with one attached hydrogen (secondary N) is 1. The zero-order chi connectivity index (χ0) is 13.1. The van der Waals surface area contributed by atoms with Gasteiger partial charge in [-0.1, -0.05) is 0 Å². The molecule has 0 saturated carbocycles. The molecule has 0 aromatic rings. The van der Waals surface area contributed by atoms with Crippen molar-refractivity contribution in [1.82, 2.24) is 15.1 Å². The van der Waals surface area contributed by atoms with Crippen LogP contribution in [0.5, 0.6) is 0 Å². The van der Waals surface area contributed by atoms with Crippen LogP contribution in [0.2, 0.25) is 0 Å². The summed E-state index contributed by atoms with van der Waals surface area (Å²) in [5.41, 5.74) is -0.00925. The molecule has 0 spiro atoms. The molecule has 100 valence electrons. The van der Waals surface area contributed by atoms with Crippen molar-refractivity contribution < 1.29 is 9.90 Å². The van der Waals surface area contributed by atoms with Gasteiger partial charge in [0.15, 0.2) is 0 Å². The number of carboxylic acid groups (broad SMARTS) is 1. The molecule has 5 heteroatoms.